The molecule has 128 valence electrons. The summed E-state index contributed by atoms with van der Waals surface area (Å²) in [7, 11) is 0. The van der Waals surface area contributed by atoms with Gasteiger partial charge in [0.25, 0.3) is 0 Å². The van der Waals surface area contributed by atoms with E-state index in [2.05, 4.69) is 19.7 Å². The van der Waals surface area contributed by atoms with Crippen molar-refractivity contribution in [3.63, 3.8) is 0 Å². The molecule has 2 rings (SSSR count). The minimum Gasteiger partial charge on any atom is -0.465 e. The fourth-order valence-corrected chi connectivity index (χ4v) is 2.23. The number of rotatable bonds is 6. The maximum absolute atomic E-state index is 12.1. The van der Waals surface area contributed by atoms with Gasteiger partial charge in [0.15, 0.2) is 5.16 Å². The van der Waals surface area contributed by atoms with Crippen molar-refractivity contribution in [1.82, 2.24) is 15.0 Å². The Bertz CT molecular complexity index is 696. The van der Waals surface area contributed by atoms with Gasteiger partial charge in [-0.05, 0) is 25.1 Å². The molecule has 6 nitrogen and oxygen atoms in total. The van der Waals surface area contributed by atoms with E-state index in [1.807, 2.05) is 0 Å². The Kier molecular flexibility index (Phi) is 5.96. The van der Waals surface area contributed by atoms with Crippen molar-refractivity contribution in [2.24, 2.45) is 0 Å². The van der Waals surface area contributed by atoms with E-state index in [-0.39, 0.29) is 18.3 Å². The lowest BCUT2D eigenvalue weighted by Crippen LogP contribution is -2.17. The number of aromatic nitrogens is 3. The number of thioether (sulfide) groups is 1. The lowest BCUT2D eigenvalue weighted by Gasteiger charge is -2.08. The van der Waals surface area contributed by atoms with Gasteiger partial charge in [-0.25, -0.2) is 9.97 Å². The second kappa shape index (κ2) is 7.95. The normalized spacial score (nSPS) is 11.2. The highest BCUT2D eigenvalue weighted by Gasteiger charge is 2.31. The van der Waals surface area contributed by atoms with Gasteiger partial charge >= 0.3 is 12.3 Å². The van der Waals surface area contributed by atoms with Crippen LogP contribution in [0.3, 0.4) is 0 Å². The standard InChI is InChI=1S/C14H12F3N3O3S/c1-2-22-12(21)8-24-13-18-6-5-11(20-13)10-4-3-9(7-19-10)23-14(15,16)17/h3-7H,2,8H2,1H3. The molecule has 2 aromatic rings. The average Bonchev–Trinajstić information content (AvgIpc) is 2.53. The number of halogens is 3. The summed E-state index contributed by atoms with van der Waals surface area (Å²) in [5, 5.41) is 0.331. The molecule has 0 aliphatic rings. The van der Waals surface area contributed by atoms with Gasteiger partial charge in [0, 0.05) is 6.20 Å². The zero-order valence-electron chi connectivity index (χ0n) is 12.4. The molecule has 0 bridgehead atoms. The van der Waals surface area contributed by atoms with Crippen molar-refractivity contribution < 1.29 is 27.4 Å². The summed E-state index contributed by atoms with van der Waals surface area (Å²) in [4.78, 5) is 23.4. The molecule has 0 aliphatic heterocycles. The van der Waals surface area contributed by atoms with Crippen LogP contribution in [0.1, 0.15) is 6.92 Å². The first-order valence-corrected chi connectivity index (χ1v) is 7.69. The third kappa shape index (κ3) is 5.69. The van der Waals surface area contributed by atoms with Gasteiger partial charge in [-0.15, -0.1) is 13.2 Å². The minimum atomic E-state index is -4.77. The fourth-order valence-electron chi connectivity index (χ4n) is 1.60. The lowest BCUT2D eigenvalue weighted by molar-refractivity contribution is -0.274. The van der Waals surface area contributed by atoms with E-state index in [9.17, 15) is 18.0 Å². The SMILES string of the molecule is CCOC(=O)CSc1nccc(-c2ccc(OC(F)(F)F)cn2)n1. The Morgan fingerprint density at radius 3 is 2.62 bits per heavy atom. The Morgan fingerprint density at radius 2 is 2.00 bits per heavy atom. The van der Waals surface area contributed by atoms with Crippen LogP contribution >= 0.6 is 11.8 Å². The molecule has 0 aliphatic carbocycles. The molecule has 0 spiro atoms. The van der Waals surface area contributed by atoms with Crippen molar-refractivity contribution >= 4 is 17.7 Å². The lowest BCUT2D eigenvalue weighted by atomic mass is 10.2. The number of hydrogen-bond donors (Lipinski definition) is 0. The van der Waals surface area contributed by atoms with Gasteiger partial charge in [0.2, 0.25) is 0 Å². The van der Waals surface area contributed by atoms with Crippen LogP contribution in [0.25, 0.3) is 11.4 Å². The Hall–Kier alpha value is -2.36. The molecule has 0 amide bonds. The third-order valence-corrected chi connectivity index (χ3v) is 3.33. The van der Waals surface area contributed by atoms with Crippen molar-refractivity contribution in [3.8, 4) is 17.1 Å². The largest absolute Gasteiger partial charge is 0.573 e. The number of hydrogen-bond acceptors (Lipinski definition) is 7. The summed E-state index contributed by atoms with van der Waals surface area (Å²) < 4.78 is 44.9. The molecule has 0 saturated carbocycles. The third-order valence-electron chi connectivity index (χ3n) is 2.49. The molecule has 0 unspecified atom stereocenters. The summed E-state index contributed by atoms with van der Waals surface area (Å²) in [6, 6.07) is 4.05. The maximum atomic E-state index is 12.1. The van der Waals surface area contributed by atoms with Crippen molar-refractivity contribution in [2.75, 3.05) is 12.4 Å². The Labute approximate surface area is 139 Å². The first kappa shape index (κ1) is 18.0. The topological polar surface area (TPSA) is 74.2 Å². The van der Waals surface area contributed by atoms with Crippen LogP contribution in [0, 0.1) is 0 Å². The van der Waals surface area contributed by atoms with Crippen LogP contribution in [-0.4, -0.2) is 39.6 Å². The molecule has 0 fully saturated rings. The molecular weight excluding hydrogens is 347 g/mol. The number of carbonyl (C=O) groups excluding carboxylic acids is 1. The first-order valence-electron chi connectivity index (χ1n) is 6.71. The first-order chi connectivity index (χ1) is 11.4. The maximum Gasteiger partial charge on any atom is 0.573 e. The van der Waals surface area contributed by atoms with Gasteiger partial charge in [0.05, 0.1) is 29.9 Å². The van der Waals surface area contributed by atoms with Gasteiger partial charge in [-0.3, -0.25) is 9.78 Å². The summed E-state index contributed by atoms with van der Waals surface area (Å²) in [6.45, 7) is 1.99. The highest BCUT2D eigenvalue weighted by Crippen LogP contribution is 2.24. The van der Waals surface area contributed by atoms with Gasteiger partial charge < -0.3 is 9.47 Å². The summed E-state index contributed by atoms with van der Waals surface area (Å²) in [6.07, 6.45) is -2.34. The quantitative estimate of drug-likeness (QED) is 0.446. The number of nitrogens with zero attached hydrogens (tertiary/aromatic N) is 3. The van der Waals surface area contributed by atoms with E-state index in [0.29, 0.717) is 16.5 Å². The monoisotopic (exact) mass is 359 g/mol. The number of pyridine rings is 1. The number of alkyl halides is 3. The Balaban J connectivity index is 2.06. The summed E-state index contributed by atoms with van der Waals surface area (Å²) in [5.41, 5.74) is 0.764. The zero-order chi connectivity index (χ0) is 17.6. The molecule has 0 aromatic carbocycles. The number of carbonyl (C=O) groups is 1. The van der Waals surface area contributed by atoms with Crippen LogP contribution in [0.5, 0.6) is 5.75 Å². The van der Waals surface area contributed by atoms with E-state index in [1.165, 1.54) is 12.3 Å². The highest BCUT2D eigenvalue weighted by atomic mass is 32.2. The summed E-state index contributed by atoms with van der Waals surface area (Å²) >= 11 is 1.09. The van der Waals surface area contributed by atoms with Crippen molar-refractivity contribution in [3.05, 3.63) is 30.6 Å². The molecule has 24 heavy (non-hydrogen) atoms. The molecule has 0 atom stereocenters. The molecule has 2 heterocycles. The Morgan fingerprint density at radius 1 is 1.21 bits per heavy atom. The number of ether oxygens (including phenoxy) is 2. The minimum absolute atomic E-state index is 0.0586. The van der Waals surface area contributed by atoms with Crippen LogP contribution in [0.2, 0.25) is 0 Å². The molecular formula is C14H12F3N3O3S. The molecule has 10 heteroatoms. The summed E-state index contributed by atoms with van der Waals surface area (Å²) in [5.74, 6) is -0.746. The van der Waals surface area contributed by atoms with Crippen LogP contribution < -0.4 is 4.74 Å². The van der Waals surface area contributed by atoms with Gasteiger partial charge in [-0.1, -0.05) is 11.8 Å². The van der Waals surface area contributed by atoms with Gasteiger partial charge in [0.1, 0.15) is 5.75 Å². The molecule has 0 radical (unpaired) electrons. The average molecular weight is 359 g/mol. The van der Waals surface area contributed by atoms with Crippen LogP contribution in [0.4, 0.5) is 13.2 Å². The van der Waals surface area contributed by atoms with E-state index in [0.717, 1.165) is 24.0 Å². The van der Waals surface area contributed by atoms with Crippen LogP contribution in [0.15, 0.2) is 35.7 Å². The van der Waals surface area contributed by atoms with E-state index < -0.39 is 12.1 Å². The smallest absolute Gasteiger partial charge is 0.465 e. The van der Waals surface area contributed by atoms with Crippen molar-refractivity contribution in [1.29, 1.82) is 0 Å². The van der Waals surface area contributed by atoms with E-state index in [4.69, 9.17) is 4.74 Å². The second-order valence-corrected chi connectivity index (χ2v) is 5.19. The fraction of sp³-hybridized carbons (Fsp3) is 0.286. The van der Waals surface area contributed by atoms with Crippen molar-refractivity contribution in [2.45, 2.75) is 18.4 Å². The number of esters is 1. The predicted octanol–water partition coefficient (Wildman–Crippen LogP) is 3.09. The van der Waals surface area contributed by atoms with Gasteiger partial charge in [-0.2, -0.15) is 0 Å². The molecule has 2 aromatic heterocycles. The van der Waals surface area contributed by atoms with E-state index in [1.54, 1.807) is 13.0 Å². The van der Waals surface area contributed by atoms with E-state index >= 15 is 0 Å². The molecule has 0 saturated heterocycles. The second-order valence-electron chi connectivity index (χ2n) is 4.25. The zero-order valence-corrected chi connectivity index (χ0v) is 13.2. The highest BCUT2D eigenvalue weighted by molar-refractivity contribution is 7.99. The molecule has 0 N–H and O–H groups in total. The predicted molar refractivity (Wildman–Crippen MR) is 79.3 cm³/mol. The van der Waals surface area contributed by atoms with Crippen LogP contribution in [-0.2, 0) is 9.53 Å².